The van der Waals surface area contributed by atoms with Crippen LogP contribution in [0.5, 0.6) is 0 Å². The molecule has 1 aromatic heterocycles. The average molecular weight is 354 g/mol. The van der Waals surface area contributed by atoms with Crippen molar-refractivity contribution < 1.29 is 4.79 Å². The Hall–Kier alpha value is -2.46. The molecule has 1 saturated heterocycles. The van der Waals surface area contributed by atoms with Crippen molar-refractivity contribution in [2.24, 2.45) is 0 Å². The summed E-state index contributed by atoms with van der Waals surface area (Å²) in [6, 6.07) is 16.0. The lowest BCUT2D eigenvalue weighted by Gasteiger charge is -2.36. The average Bonchev–Trinajstić information content (AvgIpc) is 3.05. The monoisotopic (exact) mass is 353 g/mol. The van der Waals surface area contributed by atoms with Gasteiger partial charge in [0.05, 0.1) is 10.7 Å². The van der Waals surface area contributed by atoms with E-state index in [2.05, 4.69) is 28.9 Å². The molecule has 3 aromatic rings. The van der Waals surface area contributed by atoms with Gasteiger partial charge in [-0.2, -0.15) is 0 Å². The number of nitrogens with zero attached hydrogens (tertiary/aromatic N) is 2. The molecular formula is C20H20ClN3O. The molecule has 128 valence electrons. The number of rotatable bonds is 2. The first kappa shape index (κ1) is 16.0. The largest absolute Gasteiger partial charge is 0.367 e. The molecular weight excluding hydrogens is 334 g/mol. The van der Waals surface area contributed by atoms with Gasteiger partial charge in [0.15, 0.2) is 0 Å². The molecule has 0 unspecified atom stereocenters. The van der Waals surface area contributed by atoms with Gasteiger partial charge in [0.25, 0.3) is 5.91 Å². The highest BCUT2D eigenvalue weighted by Crippen LogP contribution is 2.26. The maximum absolute atomic E-state index is 12.8. The van der Waals surface area contributed by atoms with Gasteiger partial charge in [0.2, 0.25) is 0 Å². The second-order valence-corrected chi connectivity index (χ2v) is 6.91. The van der Waals surface area contributed by atoms with Gasteiger partial charge in [-0.25, -0.2) is 0 Å². The molecule has 4 rings (SSSR count). The fourth-order valence-corrected chi connectivity index (χ4v) is 3.65. The fourth-order valence-electron chi connectivity index (χ4n) is 3.40. The summed E-state index contributed by atoms with van der Waals surface area (Å²) in [5, 5.41) is 1.84. The van der Waals surface area contributed by atoms with Gasteiger partial charge >= 0.3 is 0 Å². The number of halogens is 1. The van der Waals surface area contributed by atoms with Crippen LogP contribution >= 0.6 is 11.6 Å². The van der Waals surface area contributed by atoms with E-state index in [1.54, 1.807) is 0 Å². The number of carbonyl (C=O) groups excluding carboxylic acids is 1. The number of piperazine rings is 1. The summed E-state index contributed by atoms with van der Waals surface area (Å²) in [5.74, 6) is 0.0626. The highest BCUT2D eigenvalue weighted by molar-refractivity contribution is 6.33. The Balaban J connectivity index is 1.48. The van der Waals surface area contributed by atoms with Crippen LogP contribution in [0, 0.1) is 6.92 Å². The molecule has 0 atom stereocenters. The number of hydrogen-bond donors (Lipinski definition) is 1. The number of aromatic nitrogens is 1. The van der Waals surface area contributed by atoms with Crippen LogP contribution in [0.25, 0.3) is 10.9 Å². The lowest BCUT2D eigenvalue weighted by atomic mass is 10.2. The number of aromatic amines is 1. The van der Waals surface area contributed by atoms with Crippen molar-refractivity contribution in [1.29, 1.82) is 0 Å². The fraction of sp³-hybridized carbons (Fsp3) is 0.250. The molecule has 0 spiro atoms. The second kappa shape index (κ2) is 6.45. The van der Waals surface area contributed by atoms with Crippen molar-refractivity contribution in [2.45, 2.75) is 6.92 Å². The topological polar surface area (TPSA) is 39.3 Å². The number of nitrogens with one attached hydrogen (secondary N) is 1. The number of fused-ring (bicyclic) bond motifs is 1. The summed E-state index contributed by atoms with van der Waals surface area (Å²) in [6.07, 6.45) is 0. The highest BCUT2D eigenvalue weighted by atomic mass is 35.5. The van der Waals surface area contributed by atoms with Gasteiger partial charge in [-0.3, -0.25) is 4.79 Å². The lowest BCUT2D eigenvalue weighted by Crippen LogP contribution is -2.49. The number of para-hydroxylation sites is 1. The number of carbonyl (C=O) groups is 1. The van der Waals surface area contributed by atoms with Crippen LogP contribution in [0.3, 0.4) is 0 Å². The van der Waals surface area contributed by atoms with Crippen molar-refractivity contribution in [1.82, 2.24) is 9.88 Å². The van der Waals surface area contributed by atoms with Crippen LogP contribution < -0.4 is 4.90 Å². The molecule has 0 bridgehead atoms. The Morgan fingerprint density at radius 3 is 2.56 bits per heavy atom. The van der Waals surface area contributed by atoms with Crippen LogP contribution in [0.2, 0.25) is 5.02 Å². The predicted molar refractivity (Wildman–Crippen MR) is 103 cm³/mol. The Kier molecular flexibility index (Phi) is 4.14. The molecule has 0 radical (unpaired) electrons. The minimum Gasteiger partial charge on any atom is -0.367 e. The maximum atomic E-state index is 12.8. The summed E-state index contributed by atoms with van der Waals surface area (Å²) in [7, 11) is 0. The molecule has 2 aromatic carbocycles. The second-order valence-electron chi connectivity index (χ2n) is 6.50. The Morgan fingerprint density at radius 2 is 1.80 bits per heavy atom. The Labute approximate surface area is 152 Å². The summed E-state index contributed by atoms with van der Waals surface area (Å²) >= 11 is 6.28. The van der Waals surface area contributed by atoms with Crippen LogP contribution in [0.1, 0.15) is 16.1 Å². The number of benzene rings is 2. The summed E-state index contributed by atoms with van der Waals surface area (Å²) in [6.45, 7) is 5.02. The highest BCUT2D eigenvalue weighted by Gasteiger charge is 2.24. The number of anilines is 1. The first-order valence-electron chi connectivity index (χ1n) is 8.50. The lowest BCUT2D eigenvalue weighted by molar-refractivity contribution is 0.0742. The maximum Gasteiger partial charge on any atom is 0.270 e. The molecule has 4 nitrogen and oxygen atoms in total. The third-order valence-electron chi connectivity index (χ3n) is 4.77. The van der Waals surface area contributed by atoms with Gasteiger partial charge < -0.3 is 14.8 Å². The quantitative estimate of drug-likeness (QED) is 0.753. The van der Waals surface area contributed by atoms with E-state index in [1.165, 1.54) is 5.56 Å². The number of H-pyrrole nitrogens is 1. The van der Waals surface area contributed by atoms with E-state index in [0.29, 0.717) is 18.8 Å². The van der Waals surface area contributed by atoms with Crippen molar-refractivity contribution in [2.75, 3.05) is 31.1 Å². The molecule has 1 N–H and O–H groups in total. The third kappa shape index (κ3) is 3.10. The standard InChI is InChI=1S/C20H20ClN3O/c1-14-6-7-17-15(12-14)13-18(22-17)20(25)24-10-8-23(9-11-24)19-5-3-2-4-16(19)21/h2-7,12-13,22H,8-11H2,1H3. The molecule has 2 heterocycles. The van der Waals surface area contributed by atoms with Crippen molar-refractivity contribution in [3.05, 3.63) is 64.8 Å². The predicted octanol–water partition coefficient (Wildman–Crippen LogP) is 4.09. The molecule has 25 heavy (non-hydrogen) atoms. The van der Waals surface area contributed by atoms with E-state index in [9.17, 15) is 4.79 Å². The van der Waals surface area contributed by atoms with E-state index in [1.807, 2.05) is 41.3 Å². The zero-order valence-electron chi connectivity index (χ0n) is 14.1. The Morgan fingerprint density at radius 1 is 1.04 bits per heavy atom. The number of hydrogen-bond acceptors (Lipinski definition) is 2. The zero-order valence-corrected chi connectivity index (χ0v) is 14.9. The molecule has 1 fully saturated rings. The molecule has 0 aliphatic carbocycles. The number of amides is 1. The van der Waals surface area contributed by atoms with Crippen molar-refractivity contribution in [3.8, 4) is 0 Å². The summed E-state index contributed by atoms with van der Waals surface area (Å²) in [4.78, 5) is 20.2. The van der Waals surface area contributed by atoms with E-state index in [-0.39, 0.29) is 5.91 Å². The third-order valence-corrected chi connectivity index (χ3v) is 5.09. The van der Waals surface area contributed by atoms with Gasteiger partial charge in [-0.05, 0) is 37.3 Å². The van der Waals surface area contributed by atoms with E-state index >= 15 is 0 Å². The first-order chi connectivity index (χ1) is 12.1. The number of aryl methyl sites for hydroxylation is 1. The summed E-state index contributed by atoms with van der Waals surface area (Å²) in [5.41, 5.74) is 3.90. The molecule has 1 aliphatic rings. The zero-order chi connectivity index (χ0) is 17.4. The molecule has 0 saturated carbocycles. The summed E-state index contributed by atoms with van der Waals surface area (Å²) < 4.78 is 0. The van der Waals surface area contributed by atoms with Crippen molar-refractivity contribution in [3.63, 3.8) is 0 Å². The van der Waals surface area contributed by atoms with Crippen molar-refractivity contribution >= 4 is 34.1 Å². The molecule has 5 heteroatoms. The van der Waals surface area contributed by atoms with Gasteiger partial charge in [0.1, 0.15) is 5.69 Å². The van der Waals surface area contributed by atoms with Crippen LogP contribution in [-0.2, 0) is 0 Å². The minimum atomic E-state index is 0.0626. The normalized spacial score (nSPS) is 15.0. The Bertz CT molecular complexity index is 926. The first-order valence-corrected chi connectivity index (χ1v) is 8.88. The van der Waals surface area contributed by atoms with Crippen LogP contribution in [0.4, 0.5) is 5.69 Å². The van der Waals surface area contributed by atoms with Gasteiger partial charge in [0, 0.05) is 37.1 Å². The van der Waals surface area contributed by atoms with Crippen LogP contribution in [-0.4, -0.2) is 42.0 Å². The van der Waals surface area contributed by atoms with Gasteiger partial charge in [-0.1, -0.05) is 35.4 Å². The van der Waals surface area contributed by atoms with E-state index < -0.39 is 0 Å². The molecule has 1 amide bonds. The smallest absolute Gasteiger partial charge is 0.270 e. The van der Waals surface area contributed by atoms with E-state index in [4.69, 9.17) is 11.6 Å². The van der Waals surface area contributed by atoms with E-state index in [0.717, 1.165) is 34.7 Å². The van der Waals surface area contributed by atoms with Crippen LogP contribution in [0.15, 0.2) is 48.5 Å². The SMILES string of the molecule is Cc1ccc2[nH]c(C(=O)N3CCN(c4ccccc4Cl)CC3)cc2c1. The molecule has 1 aliphatic heterocycles. The minimum absolute atomic E-state index is 0.0626. The van der Waals surface area contributed by atoms with Gasteiger partial charge in [-0.15, -0.1) is 0 Å².